The molecule has 0 unspecified atom stereocenters. The SMILES string of the molecule is COc1ccc2ccccc2c1B(c1cccc(-c2ccc(-c3ccccc3)cc2)c1)c1c(OC)ccc2ccccc12. The molecule has 0 bridgehead atoms. The van der Waals surface area contributed by atoms with Gasteiger partial charge in [0.05, 0.1) is 14.2 Å². The van der Waals surface area contributed by atoms with Gasteiger partial charge in [-0.25, -0.2) is 0 Å². The van der Waals surface area contributed by atoms with Gasteiger partial charge in [0.25, 0.3) is 6.71 Å². The van der Waals surface area contributed by atoms with Crippen LogP contribution in [0.15, 0.2) is 152 Å². The molecule has 0 fully saturated rings. The third-order valence-corrected chi connectivity index (χ3v) is 8.42. The highest BCUT2D eigenvalue weighted by atomic mass is 16.5. The lowest BCUT2D eigenvalue weighted by molar-refractivity contribution is 0.417. The van der Waals surface area contributed by atoms with Crippen LogP contribution < -0.4 is 25.9 Å². The summed E-state index contributed by atoms with van der Waals surface area (Å²) in [7, 11) is 3.52. The molecule has 0 heterocycles. The van der Waals surface area contributed by atoms with Crippen LogP contribution in [-0.4, -0.2) is 20.9 Å². The van der Waals surface area contributed by atoms with Crippen molar-refractivity contribution in [2.75, 3.05) is 14.2 Å². The number of hydrogen-bond donors (Lipinski definition) is 0. The van der Waals surface area contributed by atoms with Crippen molar-refractivity contribution in [1.29, 1.82) is 0 Å². The molecule has 0 saturated heterocycles. The standard InChI is InChI=1S/C40H31BO2/c1-42-37-25-23-31-13-6-8-17-35(31)39(37)41(40-36-18-9-7-14-32(36)24-26-38(40)43-2)34-16-10-15-33(27-34)30-21-19-29(20-22-30)28-11-4-3-5-12-28/h3-27H,1-2H3. The van der Waals surface area contributed by atoms with E-state index in [1.807, 2.05) is 0 Å². The smallest absolute Gasteiger partial charge is 0.252 e. The van der Waals surface area contributed by atoms with E-state index in [1.165, 1.54) is 49.3 Å². The van der Waals surface area contributed by atoms with Gasteiger partial charge in [-0.05, 0) is 66.9 Å². The Labute approximate surface area is 253 Å². The lowest BCUT2D eigenvalue weighted by atomic mass is 9.35. The van der Waals surface area contributed by atoms with Crippen LogP contribution in [0, 0.1) is 0 Å². The van der Waals surface area contributed by atoms with Gasteiger partial charge in [0, 0.05) is 0 Å². The maximum absolute atomic E-state index is 6.09. The second-order valence-corrected chi connectivity index (χ2v) is 10.8. The molecule has 7 aromatic carbocycles. The van der Waals surface area contributed by atoms with Gasteiger partial charge < -0.3 is 9.47 Å². The molecule has 0 aliphatic carbocycles. The topological polar surface area (TPSA) is 18.5 Å². The molecule has 7 aromatic rings. The number of ether oxygens (including phenoxy) is 2. The van der Waals surface area contributed by atoms with Crippen molar-refractivity contribution in [2.24, 2.45) is 0 Å². The average molecular weight is 554 g/mol. The van der Waals surface area contributed by atoms with Gasteiger partial charge in [-0.15, -0.1) is 0 Å². The second kappa shape index (κ2) is 11.5. The Morgan fingerprint density at radius 3 is 1.42 bits per heavy atom. The summed E-state index contributed by atoms with van der Waals surface area (Å²) in [4.78, 5) is 0. The van der Waals surface area contributed by atoms with Crippen molar-refractivity contribution in [3.63, 3.8) is 0 Å². The molecular weight excluding hydrogens is 523 g/mol. The van der Waals surface area contributed by atoms with E-state index in [4.69, 9.17) is 9.47 Å². The normalized spacial score (nSPS) is 11.0. The fourth-order valence-corrected chi connectivity index (χ4v) is 6.36. The first-order valence-electron chi connectivity index (χ1n) is 14.6. The number of fused-ring (bicyclic) bond motifs is 2. The lowest BCUT2D eigenvalue weighted by Gasteiger charge is -2.24. The Kier molecular flexibility index (Phi) is 7.14. The highest BCUT2D eigenvalue weighted by molar-refractivity contribution is 6.99. The number of hydrogen-bond acceptors (Lipinski definition) is 2. The predicted molar refractivity (Wildman–Crippen MR) is 183 cm³/mol. The van der Waals surface area contributed by atoms with Crippen molar-refractivity contribution < 1.29 is 9.47 Å². The van der Waals surface area contributed by atoms with Crippen molar-refractivity contribution in [3.8, 4) is 33.8 Å². The maximum Gasteiger partial charge on any atom is 0.252 e. The molecule has 7 rings (SSSR count). The van der Waals surface area contributed by atoms with Crippen molar-refractivity contribution in [3.05, 3.63) is 152 Å². The fourth-order valence-electron chi connectivity index (χ4n) is 6.36. The van der Waals surface area contributed by atoms with Crippen LogP contribution in [0.3, 0.4) is 0 Å². The van der Waals surface area contributed by atoms with Crippen LogP contribution in [0.25, 0.3) is 43.8 Å². The Bertz CT molecular complexity index is 1960. The van der Waals surface area contributed by atoms with Crippen LogP contribution in [0.4, 0.5) is 0 Å². The monoisotopic (exact) mass is 554 g/mol. The van der Waals surface area contributed by atoms with E-state index < -0.39 is 0 Å². The Hall–Kier alpha value is -5.28. The molecule has 2 nitrogen and oxygen atoms in total. The number of rotatable bonds is 7. The zero-order valence-corrected chi connectivity index (χ0v) is 24.3. The lowest BCUT2D eigenvalue weighted by Crippen LogP contribution is -2.53. The molecule has 0 aliphatic rings. The van der Waals surface area contributed by atoms with E-state index in [-0.39, 0.29) is 6.71 Å². The molecule has 0 aliphatic heterocycles. The minimum absolute atomic E-state index is 0.148. The highest BCUT2D eigenvalue weighted by Gasteiger charge is 2.31. The molecule has 3 heteroatoms. The van der Waals surface area contributed by atoms with Gasteiger partial charge in [-0.1, -0.05) is 145 Å². The van der Waals surface area contributed by atoms with Crippen LogP contribution in [0.5, 0.6) is 11.5 Å². The van der Waals surface area contributed by atoms with E-state index in [9.17, 15) is 0 Å². The van der Waals surface area contributed by atoms with Gasteiger partial charge in [0.15, 0.2) is 0 Å². The zero-order valence-electron chi connectivity index (χ0n) is 24.3. The average Bonchev–Trinajstić information content (AvgIpc) is 3.09. The van der Waals surface area contributed by atoms with Gasteiger partial charge in [-0.2, -0.15) is 0 Å². The molecule has 0 amide bonds. The summed E-state index contributed by atoms with van der Waals surface area (Å²) in [5, 5.41) is 4.68. The summed E-state index contributed by atoms with van der Waals surface area (Å²) < 4.78 is 12.2. The van der Waals surface area contributed by atoms with E-state index in [0.717, 1.165) is 22.4 Å². The number of methoxy groups -OCH3 is 2. The van der Waals surface area contributed by atoms with Gasteiger partial charge >= 0.3 is 0 Å². The third kappa shape index (κ3) is 4.94. The Morgan fingerprint density at radius 2 is 0.860 bits per heavy atom. The summed E-state index contributed by atoms with van der Waals surface area (Å²) in [5.41, 5.74) is 8.21. The molecule has 0 atom stereocenters. The summed E-state index contributed by atoms with van der Waals surface area (Å²) >= 11 is 0. The number of benzene rings is 7. The second-order valence-electron chi connectivity index (χ2n) is 10.8. The quantitative estimate of drug-likeness (QED) is 0.187. The Balaban J connectivity index is 1.47. The first kappa shape index (κ1) is 26.6. The third-order valence-electron chi connectivity index (χ3n) is 8.42. The predicted octanol–water partition coefficient (Wildman–Crippen LogP) is 7.86. The summed E-state index contributed by atoms with van der Waals surface area (Å²) in [5.74, 6) is 1.72. The summed E-state index contributed by atoms with van der Waals surface area (Å²) in [6, 6.07) is 53.8. The molecular formula is C40H31BO2. The largest absolute Gasteiger partial charge is 0.497 e. The van der Waals surface area contributed by atoms with Crippen LogP contribution in [0.2, 0.25) is 0 Å². The minimum Gasteiger partial charge on any atom is -0.497 e. The molecule has 0 aromatic heterocycles. The van der Waals surface area contributed by atoms with Crippen LogP contribution >= 0.6 is 0 Å². The molecule has 206 valence electrons. The van der Waals surface area contributed by atoms with Crippen LogP contribution in [0.1, 0.15) is 0 Å². The molecule has 0 N–H and O–H groups in total. The van der Waals surface area contributed by atoms with Crippen molar-refractivity contribution in [1.82, 2.24) is 0 Å². The highest BCUT2D eigenvalue weighted by Crippen LogP contribution is 2.27. The minimum atomic E-state index is -0.148. The van der Waals surface area contributed by atoms with Crippen molar-refractivity contribution in [2.45, 2.75) is 0 Å². The van der Waals surface area contributed by atoms with Gasteiger partial charge in [0.2, 0.25) is 0 Å². The molecule has 0 spiro atoms. The Morgan fingerprint density at radius 1 is 0.395 bits per heavy atom. The zero-order chi connectivity index (χ0) is 29.2. The van der Waals surface area contributed by atoms with Crippen molar-refractivity contribution >= 4 is 44.6 Å². The van der Waals surface area contributed by atoms with Gasteiger partial charge in [-0.3, -0.25) is 0 Å². The molecule has 43 heavy (non-hydrogen) atoms. The van der Waals surface area contributed by atoms with E-state index in [0.29, 0.717) is 0 Å². The molecule has 0 radical (unpaired) electrons. The van der Waals surface area contributed by atoms with Crippen LogP contribution in [-0.2, 0) is 0 Å². The summed E-state index contributed by atoms with van der Waals surface area (Å²) in [6.45, 7) is -0.148. The van der Waals surface area contributed by atoms with E-state index in [1.54, 1.807) is 14.2 Å². The van der Waals surface area contributed by atoms with E-state index in [2.05, 4.69) is 152 Å². The first-order valence-corrected chi connectivity index (χ1v) is 14.6. The fraction of sp³-hybridized carbons (Fsp3) is 0.0500. The first-order chi connectivity index (χ1) is 21.2. The van der Waals surface area contributed by atoms with E-state index >= 15 is 0 Å². The maximum atomic E-state index is 6.09. The molecule has 0 saturated carbocycles. The summed E-state index contributed by atoms with van der Waals surface area (Å²) in [6.07, 6.45) is 0. The van der Waals surface area contributed by atoms with Gasteiger partial charge in [0.1, 0.15) is 11.5 Å².